The second-order valence-corrected chi connectivity index (χ2v) is 9.45. The summed E-state index contributed by atoms with van der Waals surface area (Å²) < 4.78 is 33.4. The van der Waals surface area contributed by atoms with Gasteiger partial charge in [-0.25, -0.2) is 8.42 Å². The Balaban J connectivity index is 1.65. The quantitative estimate of drug-likeness (QED) is 0.516. The van der Waals surface area contributed by atoms with Crippen LogP contribution in [0.5, 0.6) is 0 Å². The average Bonchev–Trinajstić information content (AvgIpc) is 3.39. The van der Waals surface area contributed by atoms with E-state index in [0.717, 1.165) is 12.8 Å². The fourth-order valence-corrected chi connectivity index (χ4v) is 5.36. The number of hydrogen-bond acceptors (Lipinski definition) is 5. The predicted octanol–water partition coefficient (Wildman–Crippen LogP) is 5.05. The van der Waals surface area contributed by atoms with Crippen molar-refractivity contribution in [3.8, 4) is 11.5 Å². The summed E-state index contributed by atoms with van der Waals surface area (Å²) in [6.45, 7) is -0.0622. The van der Waals surface area contributed by atoms with E-state index in [1.54, 1.807) is 24.3 Å². The second-order valence-electron chi connectivity index (χ2n) is 6.34. The Morgan fingerprint density at radius 3 is 2.50 bits per heavy atom. The van der Waals surface area contributed by atoms with Crippen LogP contribution in [0.1, 0.15) is 18.7 Å². The van der Waals surface area contributed by atoms with Gasteiger partial charge in [-0.05, 0) is 43.2 Å². The van der Waals surface area contributed by atoms with Crippen LogP contribution in [0, 0.1) is 0 Å². The van der Waals surface area contributed by atoms with Crippen LogP contribution >= 0.6 is 34.8 Å². The van der Waals surface area contributed by atoms with E-state index < -0.39 is 10.0 Å². The SMILES string of the molecule is O=S(=O)(c1cc(Cl)ccc1Cl)N(Cc1nnc(-c2ccccc2Cl)o1)C1CC1. The summed E-state index contributed by atoms with van der Waals surface area (Å²) in [6.07, 6.45) is 1.51. The second kappa shape index (κ2) is 7.65. The molecule has 0 radical (unpaired) electrons. The number of rotatable bonds is 6. The first-order valence-corrected chi connectivity index (χ1v) is 11.0. The summed E-state index contributed by atoms with van der Waals surface area (Å²) >= 11 is 18.3. The highest BCUT2D eigenvalue weighted by Gasteiger charge is 2.40. The molecule has 10 heteroatoms. The topological polar surface area (TPSA) is 76.3 Å². The van der Waals surface area contributed by atoms with Crippen LogP contribution in [-0.4, -0.2) is 29.0 Å². The molecule has 146 valence electrons. The molecule has 0 N–H and O–H groups in total. The molecule has 1 fully saturated rings. The maximum absolute atomic E-state index is 13.2. The average molecular weight is 459 g/mol. The Labute approximate surface area is 177 Å². The van der Waals surface area contributed by atoms with E-state index in [2.05, 4.69) is 10.2 Å². The van der Waals surface area contributed by atoms with Gasteiger partial charge in [0.25, 0.3) is 0 Å². The number of hydrogen-bond donors (Lipinski definition) is 0. The van der Waals surface area contributed by atoms with E-state index >= 15 is 0 Å². The van der Waals surface area contributed by atoms with Gasteiger partial charge in [0.2, 0.25) is 21.8 Å². The molecular weight excluding hydrogens is 445 g/mol. The highest BCUT2D eigenvalue weighted by molar-refractivity contribution is 7.89. The van der Waals surface area contributed by atoms with Crippen LogP contribution in [0.2, 0.25) is 15.1 Å². The van der Waals surface area contributed by atoms with Gasteiger partial charge in [-0.15, -0.1) is 10.2 Å². The molecule has 0 unspecified atom stereocenters. The molecule has 2 aromatic carbocycles. The lowest BCUT2D eigenvalue weighted by Gasteiger charge is -2.21. The Morgan fingerprint density at radius 1 is 1.04 bits per heavy atom. The Bertz CT molecular complexity index is 1130. The van der Waals surface area contributed by atoms with Gasteiger partial charge >= 0.3 is 0 Å². The van der Waals surface area contributed by atoms with E-state index in [0.29, 0.717) is 10.6 Å². The van der Waals surface area contributed by atoms with Gasteiger partial charge in [-0.2, -0.15) is 4.31 Å². The lowest BCUT2D eigenvalue weighted by molar-refractivity contribution is 0.351. The van der Waals surface area contributed by atoms with Gasteiger partial charge in [0.1, 0.15) is 4.90 Å². The minimum atomic E-state index is -3.89. The molecule has 0 bridgehead atoms. The van der Waals surface area contributed by atoms with Crippen LogP contribution in [0.15, 0.2) is 51.8 Å². The van der Waals surface area contributed by atoms with Crippen LogP contribution in [0.3, 0.4) is 0 Å². The van der Waals surface area contributed by atoms with Crippen LogP contribution in [0.4, 0.5) is 0 Å². The van der Waals surface area contributed by atoms with Crippen LogP contribution in [0.25, 0.3) is 11.5 Å². The van der Waals surface area contributed by atoms with Crippen molar-refractivity contribution in [2.45, 2.75) is 30.3 Å². The molecule has 6 nitrogen and oxygen atoms in total. The van der Waals surface area contributed by atoms with Crippen molar-refractivity contribution in [2.24, 2.45) is 0 Å². The summed E-state index contributed by atoms with van der Waals surface area (Å²) in [5.74, 6) is 0.401. The van der Waals surface area contributed by atoms with E-state index in [-0.39, 0.29) is 39.3 Å². The van der Waals surface area contributed by atoms with Crippen molar-refractivity contribution in [3.05, 3.63) is 63.4 Å². The number of benzene rings is 2. The molecule has 28 heavy (non-hydrogen) atoms. The van der Waals surface area contributed by atoms with Crippen molar-refractivity contribution in [2.75, 3.05) is 0 Å². The molecular formula is C18H14Cl3N3O3S. The van der Waals surface area contributed by atoms with Crippen molar-refractivity contribution in [1.29, 1.82) is 0 Å². The Kier molecular flexibility index (Phi) is 5.37. The molecule has 0 amide bonds. The highest BCUT2D eigenvalue weighted by Crippen LogP contribution is 2.36. The van der Waals surface area contributed by atoms with E-state index in [1.807, 2.05) is 0 Å². The van der Waals surface area contributed by atoms with Crippen molar-refractivity contribution >= 4 is 44.8 Å². The predicted molar refractivity (Wildman–Crippen MR) is 107 cm³/mol. The highest BCUT2D eigenvalue weighted by atomic mass is 35.5. The fraction of sp³-hybridized carbons (Fsp3) is 0.222. The smallest absolute Gasteiger partial charge is 0.249 e. The van der Waals surface area contributed by atoms with E-state index in [4.69, 9.17) is 39.2 Å². The number of nitrogens with zero attached hydrogens (tertiary/aromatic N) is 3. The first-order valence-electron chi connectivity index (χ1n) is 8.40. The summed E-state index contributed by atoms with van der Waals surface area (Å²) in [4.78, 5) is -0.0422. The molecule has 0 saturated heterocycles. The maximum Gasteiger partial charge on any atom is 0.249 e. The lowest BCUT2D eigenvalue weighted by atomic mass is 10.2. The number of aromatic nitrogens is 2. The molecule has 0 aliphatic heterocycles. The van der Waals surface area contributed by atoms with Gasteiger partial charge in [-0.1, -0.05) is 46.9 Å². The van der Waals surface area contributed by atoms with Gasteiger partial charge in [0.05, 0.1) is 22.2 Å². The van der Waals surface area contributed by atoms with E-state index in [9.17, 15) is 8.42 Å². The first-order chi connectivity index (χ1) is 13.4. The fourth-order valence-electron chi connectivity index (χ4n) is 2.77. The van der Waals surface area contributed by atoms with Gasteiger partial charge < -0.3 is 4.42 Å². The zero-order chi connectivity index (χ0) is 19.9. The maximum atomic E-state index is 13.2. The zero-order valence-corrected chi connectivity index (χ0v) is 17.4. The van der Waals surface area contributed by atoms with Gasteiger partial charge in [-0.3, -0.25) is 0 Å². The first kappa shape index (κ1) is 19.7. The van der Waals surface area contributed by atoms with E-state index in [1.165, 1.54) is 22.5 Å². The summed E-state index contributed by atoms with van der Waals surface area (Å²) in [5.41, 5.74) is 0.585. The summed E-state index contributed by atoms with van der Waals surface area (Å²) in [7, 11) is -3.89. The van der Waals surface area contributed by atoms with Crippen LogP contribution < -0.4 is 0 Å². The zero-order valence-electron chi connectivity index (χ0n) is 14.3. The van der Waals surface area contributed by atoms with Crippen molar-refractivity contribution < 1.29 is 12.8 Å². The van der Waals surface area contributed by atoms with Crippen LogP contribution in [-0.2, 0) is 16.6 Å². The summed E-state index contributed by atoms with van der Waals surface area (Å²) in [5, 5.41) is 8.85. The standard InChI is InChI=1S/C18H14Cl3N3O3S/c19-11-5-8-15(21)16(9-11)28(25,26)24(12-6-7-12)10-17-22-23-18(27-17)13-3-1-2-4-14(13)20/h1-5,8-9,12H,6-7,10H2. The van der Waals surface area contributed by atoms with Gasteiger partial charge in [0, 0.05) is 11.1 Å². The Morgan fingerprint density at radius 2 is 1.79 bits per heavy atom. The molecule has 1 aliphatic carbocycles. The molecule has 4 rings (SSSR count). The molecule has 1 aromatic heterocycles. The molecule has 1 aliphatic rings. The van der Waals surface area contributed by atoms with Gasteiger partial charge in [0.15, 0.2) is 0 Å². The van der Waals surface area contributed by atoms with Crippen molar-refractivity contribution in [3.63, 3.8) is 0 Å². The minimum Gasteiger partial charge on any atom is -0.419 e. The minimum absolute atomic E-state index is 0.0422. The molecule has 1 heterocycles. The number of sulfonamides is 1. The molecule has 0 spiro atoms. The monoisotopic (exact) mass is 457 g/mol. The lowest BCUT2D eigenvalue weighted by Crippen LogP contribution is -2.33. The summed E-state index contributed by atoms with van der Waals surface area (Å²) in [6, 6.07) is 11.3. The molecule has 3 aromatic rings. The largest absolute Gasteiger partial charge is 0.419 e. The Hall–Kier alpha value is -1.64. The normalized spacial score (nSPS) is 14.6. The number of halogens is 3. The molecule has 1 saturated carbocycles. The third-order valence-electron chi connectivity index (χ3n) is 4.30. The third kappa shape index (κ3) is 3.90. The third-order valence-corrected chi connectivity index (χ3v) is 7.24. The van der Waals surface area contributed by atoms with Crippen molar-refractivity contribution in [1.82, 2.24) is 14.5 Å². The molecule has 0 atom stereocenters.